The molecule has 0 saturated heterocycles. The second-order valence-corrected chi connectivity index (χ2v) is 8.13. The number of rotatable bonds is 8. The summed E-state index contributed by atoms with van der Waals surface area (Å²) in [5, 5.41) is 3.96. The normalized spacial score (nSPS) is 12.1. The van der Waals surface area contributed by atoms with Crippen LogP contribution in [0.25, 0.3) is 10.9 Å². The molecule has 0 spiro atoms. The van der Waals surface area contributed by atoms with Crippen LogP contribution in [0.4, 0.5) is 0 Å². The van der Waals surface area contributed by atoms with Crippen LogP contribution < -0.4 is 10.9 Å². The highest BCUT2D eigenvalue weighted by Crippen LogP contribution is 2.18. The lowest BCUT2D eigenvalue weighted by atomic mass is 10.0. The van der Waals surface area contributed by atoms with E-state index in [1.807, 2.05) is 31.2 Å². The third-order valence-corrected chi connectivity index (χ3v) is 5.58. The number of aryl methyl sites for hydroxylation is 1. The summed E-state index contributed by atoms with van der Waals surface area (Å²) in [4.78, 5) is 29.9. The molecule has 30 heavy (non-hydrogen) atoms. The largest absolute Gasteiger partial charge is 0.342 e. The Balaban J connectivity index is 1.72. The summed E-state index contributed by atoms with van der Waals surface area (Å²) < 4.78 is 1.47. The van der Waals surface area contributed by atoms with Gasteiger partial charge < -0.3 is 5.32 Å². The predicted octanol–water partition coefficient (Wildman–Crippen LogP) is 5.20. The van der Waals surface area contributed by atoms with Gasteiger partial charge >= 0.3 is 0 Å². The second kappa shape index (κ2) is 9.90. The van der Waals surface area contributed by atoms with E-state index in [2.05, 4.69) is 17.2 Å². The summed E-state index contributed by atoms with van der Waals surface area (Å²) in [6.07, 6.45) is 5.92. The highest BCUT2D eigenvalue weighted by atomic mass is 35.5. The van der Waals surface area contributed by atoms with E-state index < -0.39 is 6.04 Å². The van der Waals surface area contributed by atoms with E-state index >= 15 is 0 Å². The molecule has 0 aliphatic rings. The van der Waals surface area contributed by atoms with Crippen LogP contribution in [0.2, 0.25) is 5.02 Å². The van der Waals surface area contributed by atoms with Crippen LogP contribution in [0, 0.1) is 0 Å². The van der Waals surface area contributed by atoms with Crippen molar-refractivity contribution >= 4 is 28.4 Å². The van der Waals surface area contributed by atoms with Crippen molar-refractivity contribution in [1.29, 1.82) is 0 Å². The number of amides is 1. The first kappa shape index (κ1) is 22.0. The van der Waals surface area contributed by atoms with Crippen molar-refractivity contribution in [2.24, 2.45) is 7.05 Å². The van der Waals surface area contributed by atoms with E-state index in [1.54, 1.807) is 25.2 Å². The lowest BCUT2D eigenvalue weighted by Crippen LogP contribution is -2.32. The van der Waals surface area contributed by atoms with Gasteiger partial charge in [0.25, 0.3) is 11.5 Å². The quantitative estimate of drug-likeness (QED) is 0.504. The maximum absolute atomic E-state index is 12.7. The first-order valence-electron chi connectivity index (χ1n) is 10.5. The zero-order valence-corrected chi connectivity index (χ0v) is 18.5. The molecule has 0 aliphatic heterocycles. The number of nitrogens with one attached hydrogen (secondary N) is 1. The van der Waals surface area contributed by atoms with Crippen LogP contribution in [0.5, 0.6) is 0 Å². The Kier molecular flexibility index (Phi) is 7.27. The Morgan fingerprint density at radius 1 is 1.13 bits per heavy atom. The van der Waals surface area contributed by atoms with Gasteiger partial charge in [0.15, 0.2) is 0 Å². The molecule has 2 aromatic carbocycles. The molecule has 1 amide bonds. The highest BCUT2D eigenvalue weighted by molar-refractivity contribution is 6.31. The summed E-state index contributed by atoms with van der Waals surface area (Å²) in [6.45, 7) is 4.02. The van der Waals surface area contributed by atoms with Crippen LogP contribution in [0.15, 0.2) is 47.3 Å². The van der Waals surface area contributed by atoms with Crippen molar-refractivity contribution in [3.63, 3.8) is 0 Å². The van der Waals surface area contributed by atoms with Gasteiger partial charge in [0.2, 0.25) is 0 Å². The van der Waals surface area contributed by atoms with Gasteiger partial charge in [0, 0.05) is 17.6 Å². The molecule has 5 nitrogen and oxygen atoms in total. The predicted molar refractivity (Wildman–Crippen MR) is 122 cm³/mol. The standard InChI is InChI=1S/C24H28ClN3O2/c1-4-5-6-7-8-17-9-11-18(12-10-17)23(29)26-16(2)22-27-21-15-19(25)13-14-20(21)24(30)28(22)3/h9-16H,4-8H2,1-3H3,(H,26,29)/t16-/m1/s1. The maximum atomic E-state index is 12.7. The van der Waals surface area contributed by atoms with Crippen LogP contribution in [0.3, 0.4) is 0 Å². The Morgan fingerprint density at radius 2 is 1.87 bits per heavy atom. The molecule has 0 radical (unpaired) electrons. The molecule has 3 aromatic rings. The number of carbonyl (C=O) groups is 1. The monoisotopic (exact) mass is 425 g/mol. The van der Waals surface area contributed by atoms with Gasteiger partial charge in [-0.05, 0) is 55.7 Å². The number of halogens is 1. The molecular formula is C24H28ClN3O2. The zero-order valence-electron chi connectivity index (χ0n) is 17.7. The van der Waals surface area contributed by atoms with E-state index in [9.17, 15) is 9.59 Å². The Labute approximate surface area is 182 Å². The van der Waals surface area contributed by atoms with Crippen molar-refractivity contribution in [2.75, 3.05) is 0 Å². The van der Waals surface area contributed by atoms with Crippen molar-refractivity contribution in [3.05, 3.63) is 74.8 Å². The maximum Gasteiger partial charge on any atom is 0.261 e. The fourth-order valence-corrected chi connectivity index (χ4v) is 3.74. The van der Waals surface area contributed by atoms with Gasteiger partial charge in [0.1, 0.15) is 5.82 Å². The molecule has 1 heterocycles. The SMILES string of the molecule is CCCCCCc1ccc(C(=O)N[C@H](C)c2nc3cc(Cl)ccc3c(=O)n2C)cc1. The molecule has 1 aromatic heterocycles. The minimum Gasteiger partial charge on any atom is -0.342 e. The van der Waals surface area contributed by atoms with Crippen molar-refractivity contribution in [1.82, 2.24) is 14.9 Å². The van der Waals surface area contributed by atoms with Crippen LogP contribution in [-0.4, -0.2) is 15.5 Å². The van der Waals surface area contributed by atoms with Gasteiger partial charge in [-0.1, -0.05) is 49.9 Å². The van der Waals surface area contributed by atoms with Gasteiger partial charge in [-0.3, -0.25) is 14.2 Å². The van der Waals surface area contributed by atoms with Crippen molar-refractivity contribution in [2.45, 2.75) is 52.0 Å². The molecule has 1 N–H and O–H groups in total. The number of unbranched alkanes of at least 4 members (excludes halogenated alkanes) is 3. The highest BCUT2D eigenvalue weighted by Gasteiger charge is 2.17. The molecule has 0 fully saturated rings. The number of benzene rings is 2. The fraction of sp³-hybridized carbons (Fsp3) is 0.375. The molecule has 0 unspecified atom stereocenters. The first-order chi connectivity index (χ1) is 14.4. The number of fused-ring (bicyclic) bond motifs is 1. The van der Waals surface area contributed by atoms with Gasteiger partial charge in [0.05, 0.1) is 16.9 Å². The minimum atomic E-state index is -0.438. The smallest absolute Gasteiger partial charge is 0.261 e. The molecule has 0 bridgehead atoms. The number of hydrogen-bond donors (Lipinski definition) is 1. The molecule has 3 rings (SSSR count). The lowest BCUT2D eigenvalue weighted by Gasteiger charge is -2.17. The van der Waals surface area contributed by atoms with Crippen molar-refractivity contribution < 1.29 is 4.79 Å². The van der Waals surface area contributed by atoms with E-state index in [-0.39, 0.29) is 11.5 Å². The van der Waals surface area contributed by atoms with Gasteiger partial charge in [-0.15, -0.1) is 0 Å². The average Bonchev–Trinajstić information content (AvgIpc) is 2.74. The third-order valence-electron chi connectivity index (χ3n) is 5.34. The summed E-state index contributed by atoms with van der Waals surface area (Å²) in [5.41, 5.74) is 2.19. The van der Waals surface area contributed by atoms with Crippen molar-refractivity contribution in [3.8, 4) is 0 Å². The number of hydrogen-bond acceptors (Lipinski definition) is 3. The van der Waals surface area contributed by atoms with Crippen LogP contribution in [0.1, 0.15) is 67.3 Å². The first-order valence-corrected chi connectivity index (χ1v) is 10.8. The minimum absolute atomic E-state index is 0.166. The molecule has 0 saturated carbocycles. The molecule has 0 aliphatic carbocycles. The molecule has 158 valence electrons. The number of nitrogens with zero attached hydrogens (tertiary/aromatic N) is 2. The molecule has 6 heteroatoms. The summed E-state index contributed by atoms with van der Waals surface area (Å²) >= 11 is 6.05. The third kappa shape index (κ3) is 5.08. The number of carbonyl (C=O) groups excluding carboxylic acids is 1. The molecular weight excluding hydrogens is 398 g/mol. The topological polar surface area (TPSA) is 64.0 Å². The average molecular weight is 426 g/mol. The Morgan fingerprint density at radius 3 is 2.57 bits per heavy atom. The van der Waals surface area contributed by atoms with Gasteiger partial charge in [-0.2, -0.15) is 0 Å². The number of aromatic nitrogens is 2. The van der Waals surface area contributed by atoms with Gasteiger partial charge in [-0.25, -0.2) is 4.98 Å². The zero-order chi connectivity index (χ0) is 21.7. The Hall–Kier alpha value is -2.66. The lowest BCUT2D eigenvalue weighted by molar-refractivity contribution is 0.0937. The van der Waals surface area contributed by atoms with Crippen LogP contribution in [-0.2, 0) is 13.5 Å². The summed E-state index contributed by atoms with van der Waals surface area (Å²) in [5.74, 6) is 0.288. The Bertz CT molecular complexity index is 1090. The molecule has 1 atom stereocenters. The van der Waals surface area contributed by atoms with E-state index in [4.69, 9.17) is 11.6 Å². The second-order valence-electron chi connectivity index (χ2n) is 7.70. The van der Waals surface area contributed by atoms with E-state index in [1.165, 1.54) is 35.8 Å². The summed E-state index contributed by atoms with van der Waals surface area (Å²) in [7, 11) is 1.66. The fourth-order valence-electron chi connectivity index (χ4n) is 3.57. The van der Waals surface area contributed by atoms with E-state index in [0.717, 1.165) is 6.42 Å². The van der Waals surface area contributed by atoms with E-state index in [0.29, 0.717) is 27.3 Å². The van der Waals surface area contributed by atoms with Crippen LogP contribution >= 0.6 is 11.6 Å². The summed E-state index contributed by atoms with van der Waals surface area (Å²) in [6, 6.07) is 12.3.